The summed E-state index contributed by atoms with van der Waals surface area (Å²) in [6.45, 7) is 2.65. The Morgan fingerprint density at radius 2 is 1.97 bits per heavy atom. The number of aliphatic hydroxyl groups is 1. The number of benzene rings is 2. The van der Waals surface area contributed by atoms with Gasteiger partial charge < -0.3 is 28.9 Å². The number of H-pyrrole nitrogens is 1. The van der Waals surface area contributed by atoms with Crippen molar-refractivity contribution in [3.8, 4) is 5.75 Å². The molecule has 3 heterocycles. The van der Waals surface area contributed by atoms with Crippen LogP contribution in [0.1, 0.15) is 34.3 Å². The molecular weight excluding hydrogens is 448 g/mol. The second-order valence-corrected chi connectivity index (χ2v) is 8.54. The first-order valence-electron chi connectivity index (χ1n) is 11.4. The van der Waals surface area contributed by atoms with E-state index < -0.39 is 23.5 Å². The van der Waals surface area contributed by atoms with Crippen molar-refractivity contribution in [1.82, 2.24) is 9.88 Å². The molecular formula is C27H26N2O6. The van der Waals surface area contributed by atoms with Crippen molar-refractivity contribution in [3.63, 3.8) is 0 Å². The summed E-state index contributed by atoms with van der Waals surface area (Å²) < 4.78 is 16.4. The molecule has 0 radical (unpaired) electrons. The number of amides is 1. The second kappa shape index (κ2) is 8.96. The summed E-state index contributed by atoms with van der Waals surface area (Å²) in [4.78, 5) is 31.9. The van der Waals surface area contributed by atoms with Crippen molar-refractivity contribution in [3.05, 3.63) is 76.9 Å². The van der Waals surface area contributed by atoms with Crippen molar-refractivity contribution in [2.45, 2.75) is 19.4 Å². The predicted octanol–water partition coefficient (Wildman–Crippen LogP) is 4.85. The standard InChI is InChI=1S/C27H26N2O6/c1-15-21(17-9-4-5-10-18(17)28-15)23-22(25(31)27(32)29(23)12-7-13-33-2)24(30)20-14-16-8-6-11-19(34-3)26(16)35-20/h4-6,8-11,14,23,28,31H,7,12-13H2,1-3H3. The van der Waals surface area contributed by atoms with E-state index in [4.69, 9.17) is 13.9 Å². The molecule has 2 aromatic carbocycles. The fraction of sp³-hybridized carbons (Fsp3) is 0.259. The molecule has 2 aromatic heterocycles. The molecule has 0 saturated carbocycles. The van der Waals surface area contributed by atoms with Crippen LogP contribution in [0.25, 0.3) is 21.9 Å². The molecule has 8 nitrogen and oxygen atoms in total. The number of hydrogen-bond acceptors (Lipinski definition) is 6. The van der Waals surface area contributed by atoms with Crippen molar-refractivity contribution >= 4 is 33.6 Å². The average Bonchev–Trinajstić information content (AvgIpc) is 3.51. The highest BCUT2D eigenvalue weighted by Gasteiger charge is 2.45. The Hall–Kier alpha value is -4.04. The lowest BCUT2D eigenvalue weighted by atomic mass is 9.93. The van der Waals surface area contributed by atoms with Gasteiger partial charge in [0, 0.05) is 47.8 Å². The van der Waals surface area contributed by atoms with Gasteiger partial charge in [-0.05, 0) is 31.5 Å². The number of Topliss-reactive ketones (excluding diaryl/α,β-unsaturated/α-hetero) is 1. The highest BCUT2D eigenvalue weighted by molar-refractivity contribution is 6.16. The van der Waals surface area contributed by atoms with Crippen LogP contribution >= 0.6 is 0 Å². The molecule has 4 aromatic rings. The van der Waals surface area contributed by atoms with Gasteiger partial charge in [0.15, 0.2) is 22.9 Å². The molecule has 0 saturated heterocycles. The quantitative estimate of drug-likeness (QED) is 0.280. The lowest BCUT2D eigenvalue weighted by molar-refractivity contribution is -0.129. The summed E-state index contributed by atoms with van der Waals surface area (Å²) in [5, 5.41) is 12.6. The zero-order chi connectivity index (χ0) is 24.7. The van der Waals surface area contributed by atoms with Gasteiger partial charge in [0.25, 0.3) is 5.91 Å². The molecule has 1 atom stereocenters. The number of nitrogens with one attached hydrogen (secondary N) is 1. The van der Waals surface area contributed by atoms with E-state index in [0.717, 1.165) is 22.2 Å². The zero-order valence-corrected chi connectivity index (χ0v) is 19.8. The molecule has 0 spiro atoms. The van der Waals surface area contributed by atoms with Crippen molar-refractivity contribution in [2.24, 2.45) is 0 Å². The third kappa shape index (κ3) is 3.66. The van der Waals surface area contributed by atoms with Gasteiger partial charge in [0.2, 0.25) is 5.78 Å². The normalized spacial score (nSPS) is 16.1. The molecule has 1 aliphatic rings. The summed E-state index contributed by atoms with van der Waals surface area (Å²) in [6, 6.07) is 13.9. The molecule has 1 amide bonds. The Labute approximate surface area is 201 Å². The van der Waals surface area contributed by atoms with Gasteiger partial charge in [-0.2, -0.15) is 0 Å². The van der Waals surface area contributed by atoms with Crippen molar-refractivity contribution in [1.29, 1.82) is 0 Å². The van der Waals surface area contributed by atoms with E-state index in [9.17, 15) is 14.7 Å². The number of ketones is 1. The van der Waals surface area contributed by atoms with Gasteiger partial charge in [-0.25, -0.2) is 0 Å². The molecule has 1 unspecified atom stereocenters. The molecule has 180 valence electrons. The number of furan rings is 1. The number of hydrogen-bond donors (Lipinski definition) is 2. The monoisotopic (exact) mass is 474 g/mol. The van der Waals surface area contributed by atoms with Crippen LogP contribution in [0.15, 0.2) is 64.3 Å². The fourth-order valence-corrected chi connectivity index (χ4v) is 4.89. The first kappa shape index (κ1) is 22.7. The minimum Gasteiger partial charge on any atom is -0.503 e. The minimum atomic E-state index is -0.780. The van der Waals surface area contributed by atoms with Crippen LogP contribution in [-0.2, 0) is 9.53 Å². The smallest absolute Gasteiger partial charge is 0.290 e. The van der Waals surface area contributed by atoms with Gasteiger partial charge in [-0.1, -0.05) is 30.3 Å². The number of ether oxygens (including phenoxy) is 2. The maximum absolute atomic E-state index is 13.8. The third-order valence-electron chi connectivity index (χ3n) is 6.46. The SMILES string of the molecule is COCCCN1C(=O)C(O)=C(C(=O)c2cc3cccc(OC)c3o2)C1c1c(C)[nH]c2ccccc12. The molecule has 2 N–H and O–H groups in total. The number of para-hydroxylation sites is 2. The summed E-state index contributed by atoms with van der Waals surface area (Å²) >= 11 is 0. The van der Waals surface area contributed by atoms with Gasteiger partial charge >= 0.3 is 0 Å². The van der Waals surface area contributed by atoms with Gasteiger partial charge in [0.1, 0.15) is 0 Å². The number of aromatic amines is 1. The first-order chi connectivity index (χ1) is 17.0. The van der Waals surface area contributed by atoms with Crippen LogP contribution in [0.4, 0.5) is 0 Å². The van der Waals surface area contributed by atoms with E-state index >= 15 is 0 Å². The Balaban J connectivity index is 1.66. The topological polar surface area (TPSA) is 105 Å². The van der Waals surface area contributed by atoms with Crippen molar-refractivity contribution in [2.75, 3.05) is 27.4 Å². The molecule has 1 aliphatic heterocycles. The van der Waals surface area contributed by atoms with E-state index in [-0.39, 0.29) is 11.3 Å². The number of aromatic nitrogens is 1. The van der Waals surface area contributed by atoms with Crippen LogP contribution < -0.4 is 4.74 Å². The number of rotatable bonds is 8. The van der Waals surface area contributed by atoms with E-state index in [1.807, 2.05) is 37.3 Å². The lowest BCUT2D eigenvalue weighted by Gasteiger charge is -2.27. The second-order valence-electron chi connectivity index (χ2n) is 8.54. The fourth-order valence-electron chi connectivity index (χ4n) is 4.89. The van der Waals surface area contributed by atoms with Gasteiger partial charge in [0.05, 0.1) is 18.7 Å². The summed E-state index contributed by atoms with van der Waals surface area (Å²) in [7, 11) is 3.12. The molecule has 0 fully saturated rings. The largest absolute Gasteiger partial charge is 0.503 e. The Bertz CT molecular complexity index is 1480. The molecule has 0 aliphatic carbocycles. The Morgan fingerprint density at radius 3 is 2.74 bits per heavy atom. The van der Waals surface area contributed by atoms with Gasteiger partial charge in [-0.3, -0.25) is 9.59 Å². The lowest BCUT2D eigenvalue weighted by Crippen LogP contribution is -2.32. The minimum absolute atomic E-state index is 0.00158. The van der Waals surface area contributed by atoms with Crippen LogP contribution in [0, 0.1) is 6.92 Å². The average molecular weight is 475 g/mol. The van der Waals surface area contributed by atoms with Crippen LogP contribution in [0.5, 0.6) is 5.75 Å². The van der Waals surface area contributed by atoms with E-state index in [1.54, 1.807) is 25.3 Å². The maximum atomic E-state index is 13.8. The summed E-state index contributed by atoms with van der Waals surface area (Å²) in [6.07, 6.45) is 0.552. The molecule has 5 rings (SSSR count). The number of carbonyl (C=O) groups is 2. The van der Waals surface area contributed by atoms with Crippen LogP contribution in [0.2, 0.25) is 0 Å². The van der Waals surface area contributed by atoms with Gasteiger partial charge in [-0.15, -0.1) is 0 Å². The van der Waals surface area contributed by atoms with E-state index in [0.29, 0.717) is 36.3 Å². The molecule has 0 bridgehead atoms. The predicted molar refractivity (Wildman–Crippen MR) is 131 cm³/mol. The maximum Gasteiger partial charge on any atom is 0.290 e. The number of methoxy groups -OCH3 is 2. The van der Waals surface area contributed by atoms with E-state index in [1.165, 1.54) is 12.0 Å². The molecule has 35 heavy (non-hydrogen) atoms. The van der Waals surface area contributed by atoms with Crippen molar-refractivity contribution < 1.29 is 28.6 Å². The number of fused-ring (bicyclic) bond motifs is 2. The third-order valence-corrected chi connectivity index (χ3v) is 6.46. The highest BCUT2D eigenvalue weighted by Crippen LogP contribution is 2.43. The summed E-state index contributed by atoms with van der Waals surface area (Å²) in [5.74, 6) is -1.17. The number of nitrogens with zero attached hydrogens (tertiary/aromatic N) is 1. The number of carbonyl (C=O) groups excluding carboxylic acids is 2. The molecule has 8 heteroatoms. The summed E-state index contributed by atoms with van der Waals surface area (Å²) in [5.41, 5.74) is 2.90. The highest BCUT2D eigenvalue weighted by atomic mass is 16.5. The Morgan fingerprint density at radius 1 is 1.17 bits per heavy atom. The van der Waals surface area contributed by atoms with Crippen LogP contribution in [0.3, 0.4) is 0 Å². The zero-order valence-electron chi connectivity index (χ0n) is 19.8. The first-order valence-corrected chi connectivity index (χ1v) is 11.4. The number of aliphatic hydroxyl groups excluding tert-OH is 1. The number of aryl methyl sites for hydroxylation is 1. The van der Waals surface area contributed by atoms with Crippen LogP contribution in [-0.4, -0.2) is 54.1 Å². The Kier molecular flexibility index (Phi) is 5.82. The van der Waals surface area contributed by atoms with E-state index in [2.05, 4.69) is 4.98 Å².